The van der Waals surface area contributed by atoms with E-state index in [-0.39, 0.29) is 45.8 Å². The van der Waals surface area contributed by atoms with E-state index in [9.17, 15) is 29.4 Å². The maximum absolute atomic E-state index is 14.1. The molecule has 2 N–H and O–H groups in total. The van der Waals surface area contributed by atoms with Crippen molar-refractivity contribution in [3.63, 3.8) is 0 Å². The molecule has 6 saturated carbocycles. The molecule has 8 rings (SSSR count). The SMILES string of the molecule is CC12CCC(=O)C=C1CCC1C2CCC2(C)C1CCC2(OOC1(C(=O)CO)CCC2C3CCC4=CC(=O)CCC4(C)C3CCC21C)C(=O)CO. The topological polar surface area (TPSA) is 127 Å². The van der Waals surface area contributed by atoms with Crippen LogP contribution < -0.4 is 0 Å². The summed E-state index contributed by atoms with van der Waals surface area (Å²) in [4.78, 5) is 66.3. The van der Waals surface area contributed by atoms with Crippen molar-refractivity contribution in [1.82, 2.24) is 0 Å². The van der Waals surface area contributed by atoms with E-state index in [0.29, 0.717) is 49.4 Å². The van der Waals surface area contributed by atoms with Gasteiger partial charge in [-0.15, -0.1) is 0 Å². The Balaban J connectivity index is 1.09. The van der Waals surface area contributed by atoms with Crippen molar-refractivity contribution in [2.75, 3.05) is 13.2 Å². The van der Waals surface area contributed by atoms with Gasteiger partial charge < -0.3 is 10.2 Å². The minimum Gasteiger partial charge on any atom is -0.388 e. The van der Waals surface area contributed by atoms with Crippen LogP contribution in [0.1, 0.15) is 130 Å². The summed E-state index contributed by atoms with van der Waals surface area (Å²) in [5, 5.41) is 21.0. The fourth-order valence-corrected chi connectivity index (χ4v) is 14.8. The lowest BCUT2D eigenvalue weighted by Crippen LogP contribution is -2.63. The number of carbonyl (C=O) groups excluding carboxylic acids is 4. The van der Waals surface area contributed by atoms with Gasteiger partial charge in [-0.2, -0.15) is 0 Å². The molecule has 274 valence electrons. The Morgan fingerprint density at radius 1 is 0.580 bits per heavy atom. The van der Waals surface area contributed by atoms with Crippen LogP contribution in [0.15, 0.2) is 23.3 Å². The average molecular weight is 691 g/mol. The molecule has 50 heavy (non-hydrogen) atoms. The second kappa shape index (κ2) is 11.8. The van der Waals surface area contributed by atoms with Crippen molar-refractivity contribution in [3.05, 3.63) is 23.3 Å². The van der Waals surface area contributed by atoms with E-state index in [1.165, 1.54) is 11.1 Å². The normalized spacial score (nSPS) is 49.4. The van der Waals surface area contributed by atoms with Gasteiger partial charge in [0.1, 0.15) is 13.2 Å². The lowest BCUT2D eigenvalue weighted by molar-refractivity contribution is -0.426. The van der Waals surface area contributed by atoms with Gasteiger partial charge in [0.05, 0.1) is 0 Å². The average Bonchev–Trinajstić information content (AvgIpc) is 3.58. The van der Waals surface area contributed by atoms with Crippen molar-refractivity contribution in [1.29, 1.82) is 0 Å². The van der Waals surface area contributed by atoms with Crippen LogP contribution in [0.2, 0.25) is 0 Å². The summed E-state index contributed by atoms with van der Waals surface area (Å²) in [5.74, 6) is 1.70. The van der Waals surface area contributed by atoms with Gasteiger partial charge in [-0.1, -0.05) is 38.8 Å². The number of hydrogen-bond donors (Lipinski definition) is 2. The number of allylic oxidation sites excluding steroid dienone is 2. The monoisotopic (exact) mass is 690 g/mol. The summed E-state index contributed by atoms with van der Waals surface area (Å²) >= 11 is 0. The van der Waals surface area contributed by atoms with E-state index in [0.717, 1.165) is 77.0 Å². The first-order valence-electron chi connectivity index (χ1n) is 19.9. The number of fused-ring (bicyclic) bond motifs is 10. The van der Waals surface area contributed by atoms with E-state index >= 15 is 0 Å². The first kappa shape index (κ1) is 35.1. The molecule has 0 aromatic heterocycles. The van der Waals surface area contributed by atoms with E-state index in [4.69, 9.17) is 9.78 Å². The van der Waals surface area contributed by atoms with Gasteiger partial charge in [0.25, 0.3) is 0 Å². The summed E-state index contributed by atoms with van der Waals surface area (Å²) in [6, 6.07) is 0. The summed E-state index contributed by atoms with van der Waals surface area (Å²) in [6.45, 7) is 7.69. The summed E-state index contributed by atoms with van der Waals surface area (Å²) in [7, 11) is 0. The molecule has 0 heterocycles. The zero-order chi connectivity index (χ0) is 35.5. The highest BCUT2D eigenvalue weighted by molar-refractivity contribution is 5.93. The van der Waals surface area contributed by atoms with Crippen LogP contribution in [0.5, 0.6) is 0 Å². The lowest BCUT2D eigenvalue weighted by atomic mass is 9.46. The lowest BCUT2D eigenvalue weighted by Gasteiger charge is -2.60. The molecule has 8 nitrogen and oxygen atoms in total. The van der Waals surface area contributed by atoms with Crippen molar-refractivity contribution in [2.45, 2.75) is 142 Å². The first-order chi connectivity index (χ1) is 23.7. The largest absolute Gasteiger partial charge is 0.388 e. The molecule has 0 spiro atoms. The second-order valence-corrected chi connectivity index (χ2v) is 18.9. The molecular weight excluding hydrogens is 632 g/mol. The van der Waals surface area contributed by atoms with Gasteiger partial charge in [0.15, 0.2) is 34.3 Å². The van der Waals surface area contributed by atoms with Gasteiger partial charge in [-0.05, 0) is 148 Å². The Labute approximate surface area is 297 Å². The highest BCUT2D eigenvalue weighted by Gasteiger charge is 2.72. The Morgan fingerprint density at radius 2 is 0.960 bits per heavy atom. The minimum atomic E-state index is -1.39. The van der Waals surface area contributed by atoms with Crippen LogP contribution in [-0.2, 0) is 29.0 Å². The summed E-state index contributed by atoms with van der Waals surface area (Å²) in [6.07, 6.45) is 16.2. The molecule has 0 radical (unpaired) electrons. The molecule has 8 aliphatic carbocycles. The molecule has 0 bridgehead atoms. The fraction of sp³-hybridized carbons (Fsp3) is 0.810. The number of hydrogen-bond acceptors (Lipinski definition) is 8. The van der Waals surface area contributed by atoms with Crippen LogP contribution in [0.3, 0.4) is 0 Å². The van der Waals surface area contributed by atoms with Crippen LogP contribution in [-0.4, -0.2) is 57.8 Å². The predicted octanol–water partition coefficient (Wildman–Crippen LogP) is 6.60. The van der Waals surface area contributed by atoms with Gasteiger partial charge in [-0.3, -0.25) is 19.2 Å². The van der Waals surface area contributed by atoms with Gasteiger partial charge in [0, 0.05) is 23.7 Å². The molecule has 0 aromatic carbocycles. The summed E-state index contributed by atoms with van der Waals surface area (Å²) < 4.78 is 0. The third kappa shape index (κ3) is 4.43. The molecule has 0 amide bonds. The fourth-order valence-electron chi connectivity index (χ4n) is 14.8. The van der Waals surface area contributed by atoms with Crippen molar-refractivity contribution >= 4 is 23.1 Å². The molecule has 12 atom stereocenters. The Bertz CT molecular complexity index is 1450. The molecule has 0 saturated heterocycles. The third-order valence-electron chi connectivity index (χ3n) is 17.7. The molecule has 12 unspecified atom stereocenters. The van der Waals surface area contributed by atoms with E-state index < -0.39 is 35.2 Å². The maximum Gasteiger partial charge on any atom is 0.193 e. The number of Topliss-reactive ketones (excluding diaryl/α,β-unsaturated/α-hetero) is 2. The zero-order valence-electron chi connectivity index (χ0n) is 30.7. The highest BCUT2D eigenvalue weighted by Crippen LogP contribution is 2.71. The van der Waals surface area contributed by atoms with Crippen molar-refractivity contribution < 1.29 is 39.2 Å². The maximum atomic E-state index is 14.1. The van der Waals surface area contributed by atoms with E-state index in [2.05, 4.69) is 27.7 Å². The first-order valence-corrected chi connectivity index (χ1v) is 19.9. The van der Waals surface area contributed by atoms with Gasteiger partial charge >= 0.3 is 0 Å². The van der Waals surface area contributed by atoms with Crippen LogP contribution in [0.4, 0.5) is 0 Å². The predicted molar refractivity (Wildman–Crippen MR) is 185 cm³/mol. The molecule has 0 aromatic rings. The Hall–Kier alpha value is -2.00. The van der Waals surface area contributed by atoms with Gasteiger partial charge in [-0.25, -0.2) is 9.78 Å². The quantitative estimate of drug-likeness (QED) is 0.226. The van der Waals surface area contributed by atoms with Crippen molar-refractivity contribution in [2.24, 2.45) is 57.2 Å². The standard InChI is InChI=1S/C42H58O8/c1-37-15-9-27(45)21-25(37)5-7-29-31(37)11-17-39(3)33(29)13-19-41(39,35(47)23-43)49-50-42(36(48)24-44)20-14-34-30-8-6-26-22-28(46)10-16-38(26,2)32(30)12-18-40(34,42)4/h21-22,29-34,43-44H,5-20,23-24H2,1-4H3. The number of aliphatic hydroxyl groups is 2. The minimum absolute atomic E-state index is 0.00839. The molecule has 0 aliphatic heterocycles. The van der Waals surface area contributed by atoms with Gasteiger partial charge in [0.2, 0.25) is 0 Å². The zero-order valence-corrected chi connectivity index (χ0v) is 30.7. The van der Waals surface area contributed by atoms with E-state index in [1.807, 2.05) is 12.2 Å². The molecule has 8 aliphatic rings. The van der Waals surface area contributed by atoms with Crippen LogP contribution >= 0.6 is 0 Å². The number of aliphatic hydroxyl groups excluding tert-OH is 2. The smallest absolute Gasteiger partial charge is 0.193 e. The molecule has 6 fully saturated rings. The highest BCUT2D eigenvalue weighted by atomic mass is 17.2. The van der Waals surface area contributed by atoms with E-state index in [1.54, 1.807) is 0 Å². The number of carbonyl (C=O) groups is 4. The molecular formula is C42H58O8. The van der Waals surface area contributed by atoms with Crippen LogP contribution in [0.25, 0.3) is 0 Å². The Kier molecular flexibility index (Phi) is 8.24. The third-order valence-corrected chi connectivity index (χ3v) is 17.7. The number of ketones is 4. The number of rotatable bonds is 7. The van der Waals surface area contributed by atoms with Crippen LogP contribution in [0, 0.1) is 57.2 Å². The summed E-state index contributed by atoms with van der Waals surface area (Å²) in [5.41, 5.74) is -1.38. The van der Waals surface area contributed by atoms with Crippen molar-refractivity contribution in [3.8, 4) is 0 Å². The second-order valence-electron chi connectivity index (χ2n) is 18.9. The molecule has 8 heteroatoms. The Morgan fingerprint density at radius 3 is 1.34 bits per heavy atom.